The van der Waals surface area contributed by atoms with E-state index in [0.717, 1.165) is 12.3 Å². The molecule has 2 heteroatoms. The molecule has 0 spiro atoms. The second-order valence-electron chi connectivity index (χ2n) is 4.39. The number of hydrogen-bond donors (Lipinski definition) is 1. The number of nitrogens with one attached hydrogen (secondary N) is 1. The molecular formula is C10H17NO. The predicted molar refractivity (Wildman–Crippen MR) is 47.7 cm³/mol. The quantitative estimate of drug-likeness (QED) is 0.681. The normalized spacial score (nSPS) is 34.1. The van der Waals surface area contributed by atoms with Crippen molar-refractivity contribution in [2.24, 2.45) is 11.8 Å². The molecule has 1 N–H and O–H groups in total. The molecule has 2 unspecified atom stereocenters. The average Bonchev–Trinajstić information content (AvgIpc) is 2.58. The van der Waals surface area contributed by atoms with Crippen molar-refractivity contribution in [2.75, 3.05) is 0 Å². The second kappa shape index (κ2) is 3.08. The Morgan fingerprint density at radius 1 is 1.50 bits per heavy atom. The first-order chi connectivity index (χ1) is 5.75. The van der Waals surface area contributed by atoms with Crippen molar-refractivity contribution in [3.8, 4) is 0 Å². The minimum Gasteiger partial charge on any atom is -0.353 e. The van der Waals surface area contributed by atoms with E-state index in [1.54, 1.807) is 0 Å². The molecule has 0 radical (unpaired) electrons. The smallest absolute Gasteiger partial charge is 0.220 e. The summed E-state index contributed by atoms with van der Waals surface area (Å²) in [6.07, 6.45) is 5.85. The van der Waals surface area contributed by atoms with E-state index in [4.69, 9.17) is 0 Å². The Morgan fingerprint density at radius 2 is 2.17 bits per heavy atom. The minimum absolute atomic E-state index is 0.286. The monoisotopic (exact) mass is 167 g/mol. The van der Waals surface area contributed by atoms with Crippen LogP contribution in [0.5, 0.6) is 0 Å². The van der Waals surface area contributed by atoms with Gasteiger partial charge in [-0.15, -0.1) is 0 Å². The Morgan fingerprint density at radius 3 is 2.58 bits per heavy atom. The summed E-state index contributed by atoms with van der Waals surface area (Å²) in [5, 5.41) is 3.06. The average molecular weight is 167 g/mol. The first-order valence-corrected chi connectivity index (χ1v) is 5.05. The maximum absolute atomic E-state index is 11.3. The van der Waals surface area contributed by atoms with Crippen molar-refractivity contribution in [1.29, 1.82) is 0 Å². The van der Waals surface area contributed by atoms with Crippen molar-refractivity contribution in [3.05, 3.63) is 0 Å². The predicted octanol–water partition coefficient (Wildman–Crippen LogP) is 1.70. The first-order valence-electron chi connectivity index (χ1n) is 5.05. The molecule has 2 nitrogen and oxygen atoms in total. The zero-order chi connectivity index (χ0) is 8.55. The summed E-state index contributed by atoms with van der Waals surface area (Å²) in [5.41, 5.74) is 0. The Bertz CT molecular complexity index is 178. The van der Waals surface area contributed by atoms with Gasteiger partial charge in [0, 0.05) is 12.5 Å². The lowest BCUT2D eigenvalue weighted by Gasteiger charge is -2.24. The van der Waals surface area contributed by atoms with Gasteiger partial charge in [-0.1, -0.05) is 13.3 Å². The van der Waals surface area contributed by atoms with Gasteiger partial charge in [0.25, 0.3) is 0 Å². The van der Waals surface area contributed by atoms with Gasteiger partial charge in [0.1, 0.15) is 0 Å². The van der Waals surface area contributed by atoms with Crippen LogP contribution in [0.4, 0.5) is 0 Å². The van der Waals surface area contributed by atoms with Gasteiger partial charge in [0.15, 0.2) is 0 Å². The van der Waals surface area contributed by atoms with Crippen LogP contribution in [0.1, 0.15) is 39.0 Å². The molecule has 2 aliphatic rings. The fourth-order valence-electron chi connectivity index (χ4n) is 1.75. The van der Waals surface area contributed by atoms with E-state index in [1.807, 2.05) is 0 Å². The summed E-state index contributed by atoms with van der Waals surface area (Å²) in [5.74, 6) is 1.73. The zero-order valence-corrected chi connectivity index (χ0v) is 7.68. The first kappa shape index (κ1) is 8.09. The van der Waals surface area contributed by atoms with Gasteiger partial charge in [-0.05, 0) is 31.1 Å². The van der Waals surface area contributed by atoms with Gasteiger partial charge >= 0.3 is 0 Å². The third kappa shape index (κ3) is 1.79. The van der Waals surface area contributed by atoms with Gasteiger partial charge in [-0.25, -0.2) is 0 Å². The number of carbonyl (C=O) groups is 1. The fourth-order valence-corrected chi connectivity index (χ4v) is 1.75. The molecule has 2 fully saturated rings. The zero-order valence-electron chi connectivity index (χ0n) is 7.68. The molecule has 2 saturated carbocycles. The van der Waals surface area contributed by atoms with Crippen molar-refractivity contribution < 1.29 is 4.79 Å². The van der Waals surface area contributed by atoms with Crippen LogP contribution in [0.2, 0.25) is 0 Å². The summed E-state index contributed by atoms with van der Waals surface area (Å²) in [4.78, 5) is 11.3. The van der Waals surface area contributed by atoms with Crippen LogP contribution in [0.3, 0.4) is 0 Å². The summed E-state index contributed by atoms with van der Waals surface area (Å²) in [7, 11) is 0. The molecule has 2 atom stereocenters. The highest BCUT2D eigenvalue weighted by molar-refractivity contribution is 5.77. The number of rotatable bonds is 3. The van der Waals surface area contributed by atoms with Crippen LogP contribution >= 0.6 is 0 Å². The third-order valence-corrected chi connectivity index (χ3v) is 3.15. The molecule has 1 amide bonds. The highest BCUT2D eigenvalue weighted by atomic mass is 16.1. The van der Waals surface area contributed by atoms with Crippen LogP contribution in [-0.4, -0.2) is 11.9 Å². The van der Waals surface area contributed by atoms with E-state index in [9.17, 15) is 4.79 Å². The minimum atomic E-state index is 0.286. The highest BCUT2D eigenvalue weighted by Gasteiger charge is 2.34. The van der Waals surface area contributed by atoms with Crippen molar-refractivity contribution in [3.63, 3.8) is 0 Å². The van der Waals surface area contributed by atoms with Crippen molar-refractivity contribution in [2.45, 2.75) is 45.1 Å². The van der Waals surface area contributed by atoms with E-state index in [-0.39, 0.29) is 5.91 Å². The summed E-state index contributed by atoms with van der Waals surface area (Å²) >= 11 is 0. The highest BCUT2D eigenvalue weighted by Crippen LogP contribution is 2.31. The van der Waals surface area contributed by atoms with Crippen LogP contribution in [0.15, 0.2) is 0 Å². The lowest BCUT2D eigenvalue weighted by atomic mass is 9.83. The molecule has 12 heavy (non-hydrogen) atoms. The molecule has 68 valence electrons. The summed E-state index contributed by atoms with van der Waals surface area (Å²) in [6.45, 7) is 2.19. The number of amides is 1. The molecule has 0 heterocycles. The van der Waals surface area contributed by atoms with E-state index >= 15 is 0 Å². The lowest BCUT2D eigenvalue weighted by molar-refractivity contribution is -0.122. The van der Waals surface area contributed by atoms with E-state index in [1.165, 1.54) is 25.7 Å². The van der Waals surface area contributed by atoms with Crippen LogP contribution in [0, 0.1) is 11.8 Å². The molecule has 0 aromatic carbocycles. The van der Waals surface area contributed by atoms with Gasteiger partial charge in [-0.3, -0.25) is 4.79 Å². The Balaban J connectivity index is 1.63. The number of hydrogen-bond acceptors (Lipinski definition) is 1. The summed E-state index contributed by atoms with van der Waals surface area (Å²) in [6, 6.07) is 0.512. The maximum atomic E-state index is 11.3. The second-order valence-corrected chi connectivity index (χ2v) is 4.39. The van der Waals surface area contributed by atoms with Crippen molar-refractivity contribution >= 4 is 5.91 Å². The molecule has 2 rings (SSSR count). The molecule has 0 aliphatic heterocycles. The van der Waals surface area contributed by atoms with Crippen LogP contribution < -0.4 is 5.32 Å². The molecule has 0 aromatic heterocycles. The Labute approximate surface area is 73.7 Å². The lowest BCUT2D eigenvalue weighted by Crippen LogP contribution is -2.30. The topological polar surface area (TPSA) is 29.1 Å². The Hall–Kier alpha value is -0.530. The Kier molecular flexibility index (Phi) is 2.07. The van der Waals surface area contributed by atoms with Crippen molar-refractivity contribution in [1.82, 2.24) is 5.32 Å². The van der Waals surface area contributed by atoms with Gasteiger partial charge < -0.3 is 5.32 Å². The SMILES string of the molecule is CC1CC1NC(=O)CC1CCC1. The molecule has 0 bridgehead atoms. The maximum Gasteiger partial charge on any atom is 0.220 e. The van der Waals surface area contributed by atoms with Crippen LogP contribution in [0.25, 0.3) is 0 Å². The largest absolute Gasteiger partial charge is 0.353 e. The van der Waals surface area contributed by atoms with E-state index < -0.39 is 0 Å². The van der Waals surface area contributed by atoms with Crippen LogP contribution in [-0.2, 0) is 4.79 Å². The van der Waals surface area contributed by atoms with Gasteiger partial charge in [0.2, 0.25) is 5.91 Å². The third-order valence-electron chi connectivity index (χ3n) is 3.15. The van der Waals surface area contributed by atoms with Gasteiger partial charge in [-0.2, -0.15) is 0 Å². The standard InChI is InChI=1S/C10H17NO/c1-7-5-9(7)11-10(12)6-8-3-2-4-8/h7-9H,2-6H2,1H3,(H,11,12). The molecular weight excluding hydrogens is 150 g/mol. The molecule has 0 aromatic rings. The fraction of sp³-hybridized carbons (Fsp3) is 0.900. The molecule has 2 aliphatic carbocycles. The number of carbonyl (C=O) groups excluding carboxylic acids is 1. The summed E-state index contributed by atoms with van der Waals surface area (Å²) < 4.78 is 0. The van der Waals surface area contributed by atoms with Gasteiger partial charge in [0.05, 0.1) is 0 Å². The van der Waals surface area contributed by atoms with E-state index in [0.29, 0.717) is 12.0 Å². The van der Waals surface area contributed by atoms with E-state index in [2.05, 4.69) is 12.2 Å². The molecule has 0 saturated heterocycles.